The van der Waals surface area contributed by atoms with Crippen molar-refractivity contribution in [3.8, 4) is 5.75 Å². The lowest BCUT2D eigenvalue weighted by molar-refractivity contribution is -0.124. The summed E-state index contributed by atoms with van der Waals surface area (Å²) in [4.78, 5) is 11.9. The van der Waals surface area contributed by atoms with Crippen LogP contribution >= 0.6 is 0 Å². The Morgan fingerprint density at radius 2 is 2.19 bits per heavy atom. The quantitative estimate of drug-likeness (QED) is 0.825. The molecule has 0 aromatic heterocycles. The third kappa shape index (κ3) is 5.02. The Bertz CT molecular complexity index is 471. The number of benzene rings is 1. The lowest BCUT2D eigenvalue weighted by Crippen LogP contribution is -2.41. The van der Waals surface area contributed by atoms with E-state index in [2.05, 4.69) is 11.4 Å². The van der Waals surface area contributed by atoms with Crippen molar-refractivity contribution >= 4 is 5.91 Å². The Labute approximate surface area is 125 Å². The fourth-order valence-corrected chi connectivity index (χ4v) is 2.45. The second-order valence-corrected chi connectivity index (χ2v) is 5.39. The van der Waals surface area contributed by atoms with Crippen molar-refractivity contribution < 1.29 is 14.3 Å². The Kier molecular flexibility index (Phi) is 6.02. The van der Waals surface area contributed by atoms with Crippen LogP contribution in [0.4, 0.5) is 0 Å². The molecule has 0 bridgehead atoms. The van der Waals surface area contributed by atoms with Gasteiger partial charge in [0.1, 0.15) is 5.75 Å². The molecule has 0 aliphatic carbocycles. The molecule has 5 heteroatoms. The highest BCUT2D eigenvalue weighted by atomic mass is 16.5. The minimum atomic E-state index is -0.0822. The Morgan fingerprint density at radius 3 is 2.90 bits per heavy atom. The molecule has 0 unspecified atom stereocenters. The highest BCUT2D eigenvalue weighted by Crippen LogP contribution is 2.20. The lowest BCUT2D eigenvalue weighted by Gasteiger charge is -2.23. The van der Waals surface area contributed by atoms with Crippen LogP contribution in [0.3, 0.4) is 0 Å². The minimum Gasteiger partial charge on any atom is -0.483 e. The molecule has 5 nitrogen and oxygen atoms in total. The smallest absolute Gasteiger partial charge is 0.258 e. The van der Waals surface area contributed by atoms with Crippen LogP contribution in [0.15, 0.2) is 18.2 Å². The SMILES string of the molecule is Cc1ccc(OCC(=O)NC2CCOCC2)c(CCN)c1. The molecule has 2 rings (SSSR count). The summed E-state index contributed by atoms with van der Waals surface area (Å²) >= 11 is 0. The number of rotatable bonds is 6. The molecule has 3 N–H and O–H groups in total. The first-order chi connectivity index (χ1) is 10.2. The molecular formula is C16H24N2O3. The molecule has 1 aromatic rings. The number of hydrogen-bond donors (Lipinski definition) is 2. The van der Waals surface area contributed by atoms with Crippen molar-refractivity contribution in [2.45, 2.75) is 32.2 Å². The fourth-order valence-electron chi connectivity index (χ4n) is 2.45. The maximum atomic E-state index is 11.9. The van der Waals surface area contributed by atoms with Gasteiger partial charge in [-0.3, -0.25) is 4.79 Å². The number of aryl methyl sites for hydroxylation is 1. The average molecular weight is 292 g/mol. The number of ether oxygens (including phenoxy) is 2. The van der Waals surface area contributed by atoms with Gasteiger partial charge in [0.15, 0.2) is 6.61 Å². The van der Waals surface area contributed by atoms with E-state index in [1.165, 1.54) is 0 Å². The summed E-state index contributed by atoms with van der Waals surface area (Å²) in [7, 11) is 0. The van der Waals surface area contributed by atoms with Gasteiger partial charge in [0.05, 0.1) is 0 Å². The summed E-state index contributed by atoms with van der Waals surface area (Å²) in [6, 6.07) is 6.14. The van der Waals surface area contributed by atoms with Gasteiger partial charge in [-0.2, -0.15) is 0 Å². The van der Waals surface area contributed by atoms with Gasteiger partial charge in [0.2, 0.25) is 0 Å². The molecule has 116 valence electrons. The molecule has 1 aromatic carbocycles. The van der Waals surface area contributed by atoms with Crippen molar-refractivity contribution in [3.05, 3.63) is 29.3 Å². The van der Waals surface area contributed by atoms with E-state index in [1.807, 2.05) is 19.1 Å². The van der Waals surface area contributed by atoms with E-state index in [9.17, 15) is 4.79 Å². The minimum absolute atomic E-state index is 0.0397. The second-order valence-electron chi connectivity index (χ2n) is 5.39. The van der Waals surface area contributed by atoms with Crippen LogP contribution in [-0.2, 0) is 16.0 Å². The van der Waals surface area contributed by atoms with Gasteiger partial charge in [-0.05, 0) is 44.4 Å². The first-order valence-corrected chi connectivity index (χ1v) is 7.48. The van der Waals surface area contributed by atoms with Crippen LogP contribution in [0.5, 0.6) is 5.75 Å². The fraction of sp³-hybridized carbons (Fsp3) is 0.562. The number of nitrogens with two attached hydrogens (primary N) is 1. The van der Waals surface area contributed by atoms with Gasteiger partial charge in [-0.1, -0.05) is 17.7 Å². The summed E-state index contributed by atoms with van der Waals surface area (Å²) in [6.45, 7) is 4.06. The maximum absolute atomic E-state index is 11.9. The molecule has 1 heterocycles. The van der Waals surface area contributed by atoms with E-state index in [0.29, 0.717) is 19.8 Å². The van der Waals surface area contributed by atoms with E-state index in [-0.39, 0.29) is 18.6 Å². The Morgan fingerprint density at radius 1 is 1.43 bits per heavy atom. The van der Waals surface area contributed by atoms with Crippen LogP contribution in [0.1, 0.15) is 24.0 Å². The zero-order valence-electron chi connectivity index (χ0n) is 12.6. The zero-order valence-corrected chi connectivity index (χ0v) is 12.6. The number of amides is 1. The molecule has 0 spiro atoms. The largest absolute Gasteiger partial charge is 0.483 e. The van der Waals surface area contributed by atoms with E-state index in [1.54, 1.807) is 0 Å². The highest BCUT2D eigenvalue weighted by molar-refractivity contribution is 5.77. The van der Waals surface area contributed by atoms with E-state index >= 15 is 0 Å². The highest BCUT2D eigenvalue weighted by Gasteiger charge is 2.16. The van der Waals surface area contributed by atoms with Gasteiger partial charge in [0.25, 0.3) is 5.91 Å². The summed E-state index contributed by atoms with van der Waals surface area (Å²) in [5, 5.41) is 2.98. The van der Waals surface area contributed by atoms with Crippen molar-refractivity contribution in [2.75, 3.05) is 26.4 Å². The van der Waals surface area contributed by atoms with E-state index in [0.717, 1.165) is 36.1 Å². The van der Waals surface area contributed by atoms with Gasteiger partial charge >= 0.3 is 0 Å². The number of nitrogens with one attached hydrogen (secondary N) is 1. The topological polar surface area (TPSA) is 73.6 Å². The first-order valence-electron chi connectivity index (χ1n) is 7.48. The Balaban J connectivity index is 1.85. The van der Waals surface area contributed by atoms with Crippen LogP contribution in [0.25, 0.3) is 0 Å². The second kappa shape index (κ2) is 8.00. The monoisotopic (exact) mass is 292 g/mol. The molecule has 1 fully saturated rings. The molecule has 1 amide bonds. The predicted octanol–water partition coefficient (Wildman–Crippen LogP) is 1.17. The third-order valence-electron chi connectivity index (χ3n) is 3.57. The number of carbonyl (C=O) groups is 1. The number of hydrogen-bond acceptors (Lipinski definition) is 4. The van der Waals surface area contributed by atoms with Crippen LogP contribution in [0.2, 0.25) is 0 Å². The summed E-state index contributed by atoms with van der Waals surface area (Å²) in [5.41, 5.74) is 7.83. The number of carbonyl (C=O) groups excluding carboxylic acids is 1. The molecule has 0 saturated carbocycles. The van der Waals surface area contributed by atoms with Crippen molar-refractivity contribution in [1.82, 2.24) is 5.32 Å². The molecule has 1 saturated heterocycles. The van der Waals surface area contributed by atoms with E-state index in [4.69, 9.17) is 15.2 Å². The van der Waals surface area contributed by atoms with E-state index < -0.39 is 0 Å². The van der Waals surface area contributed by atoms with Crippen molar-refractivity contribution in [3.63, 3.8) is 0 Å². The van der Waals surface area contributed by atoms with Gasteiger partial charge in [-0.25, -0.2) is 0 Å². The van der Waals surface area contributed by atoms with Crippen molar-refractivity contribution in [1.29, 1.82) is 0 Å². The van der Waals surface area contributed by atoms with Gasteiger partial charge < -0.3 is 20.5 Å². The summed E-state index contributed by atoms with van der Waals surface area (Å²) in [6.07, 6.45) is 2.49. The molecule has 1 aliphatic rings. The zero-order chi connectivity index (χ0) is 15.1. The molecule has 21 heavy (non-hydrogen) atoms. The first kappa shape index (κ1) is 15.8. The van der Waals surface area contributed by atoms with Gasteiger partial charge in [0, 0.05) is 19.3 Å². The standard InChI is InChI=1S/C16H24N2O3/c1-12-2-3-15(13(10-12)4-7-17)21-11-16(19)18-14-5-8-20-9-6-14/h2-3,10,14H,4-9,11,17H2,1H3,(H,18,19). The average Bonchev–Trinajstić information content (AvgIpc) is 2.48. The molecule has 0 radical (unpaired) electrons. The van der Waals surface area contributed by atoms with Crippen LogP contribution in [-0.4, -0.2) is 38.3 Å². The molecule has 1 aliphatic heterocycles. The summed E-state index contributed by atoms with van der Waals surface area (Å²) in [5.74, 6) is 0.661. The molecular weight excluding hydrogens is 268 g/mol. The van der Waals surface area contributed by atoms with Crippen LogP contribution in [0, 0.1) is 6.92 Å². The summed E-state index contributed by atoms with van der Waals surface area (Å²) < 4.78 is 10.9. The normalized spacial score (nSPS) is 15.7. The lowest BCUT2D eigenvalue weighted by atomic mass is 10.1. The maximum Gasteiger partial charge on any atom is 0.258 e. The molecule has 0 atom stereocenters. The van der Waals surface area contributed by atoms with Crippen molar-refractivity contribution in [2.24, 2.45) is 5.73 Å². The predicted molar refractivity (Wildman–Crippen MR) is 81.4 cm³/mol. The Hall–Kier alpha value is -1.59. The third-order valence-corrected chi connectivity index (χ3v) is 3.57. The van der Waals surface area contributed by atoms with Crippen LogP contribution < -0.4 is 15.8 Å². The van der Waals surface area contributed by atoms with Gasteiger partial charge in [-0.15, -0.1) is 0 Å².